The van der Waals surface area contributed by atoms with Crippen LogP contribution in [0.25, 0.3) is 11.1 Å². The highest BCUT2D eigenvalue weighted by Gasteiger charge is 2.45. The molecule has 0 radical (unpaired) electrons. The molecule has 1 aliphatic rings. The second kappa shape index (κ2) is 11.3. The minimum Gasteiger partial charge on any atom is -0.340 e. The molecule has 0 aliphatic carbocycles. The predicted molar refractivity (Wildman–Crippen MR) is 140 cm³/mol. The van der Waals surface area contributed by atoms with Crippen molar-refractivity contribution in [3.8, 4) is 23.0 Å². The molecular formula is C25H26BrClFN3O4S. The van der Waals surface area contributed by atoms with Gasteiger partial charge in [-0.1, -0.05) is 51.7 Å². The van der Waals surface area contributed by atoms with Crippen molar-refractivity contribution in [1.29, 1.82) is 0 Å². The fraction of sp³-hybridized carbons (Fsp3) is 0.360. The number of rotatable bonds is 5. The van der Waals surface area contributed by atoms with E-state index in [-0.39, 0.29) is 30.8 Å². The van der Waals surface area contributed by atoms with Crippen LogP contribution in [0.4, 0.5) is 4.39 Å². The number of sulfonamides is 1. The molecule has 1 saturated heterocycles. The number of hydrogen-bond donors (Lipinski definition) is 1. The zero-order chi connectivity index (χ0) is 26.7. The van der Waals surface area contributed by atoms with Crippen LogP contribution in [-0.4, -0.2) is 68.3 Å². The highest BCUT2D eigenvalue weighted by molar-refractivity contribution is 9.10. The highest BCUT2D eigenvalue weighted by atomic mass is 79.9. The van der Waals surface area contributed by atoms with Crippen LogP contribution in [0, 0.1) is 11.8 Å². The van der Waals surface area contributed by atoms with Crippen LogP contribution in [0.3, 0.4) is 0 Å². The molecule has 36 heavy (non-hydrogen) atoms. The molecule has 2 amide bonds. The first-order valence-corrected chi connectivity index (χ1v) is 13.7. The molecule has 1 atom stereocenters. The normalized spacial score (nSPS) is 16.4. The fourth-order valence-electron chi connectivity index (χ4n) is 3.71. The molecule has 2 aromatic carbocycles. The summed E-state index contributed by atoms with van der Waals surface area (Å²) >= 11 is 9.72. The van der Waals surface area contributed by atoms with Gasteiger partial charge in [0.2, 0.25) is 10.0 Å². The number of halogens is 3. The first-order valence-electron chi connectivity index (χ1n) is 11.1. The predicted octanol–water partition coefficient (Wildman–Crippen LogP) is 3.86. The Hall–Kier alpha value is -2.45. The zero-order valence-corrected chi connectivity index (χ0v) is 23.2. The smallest absolute Gasteiger partial charge is 0.298 e. The third-order valence-corrected chi connectivity index (χ3v) is 8.57. The number of carbonyl (C=O) groups excluding carboxylic acids is 2. The van der Waals surface area contributed by atoms with E-state index in [0.717, 1.165) is 0 Å². The molecule has 0 spiro atoms. The van der Waals surface area contributed by atoms with Gasteiger partial charge in [0.1, 0.15) is 0 Å². The van der Waals surface area contributed by atoms with Crippen molar-refractivity contribution in [1.82, 2.24) is 14.5 Å². The average molecular weight is 599 g/mol. The van der Waals surface area contributed by atoms with E-state index in [0.29, 0.717) is 20.6 Å². The Morgan fingerprint density at radius 2 is 1.81 bits per heavy atom. The van der Waals surface area contributed by atoms with E-state index in [1.807, 2.05) is 0 Å². The summed E-state index contributed by atoms with van der Waals surface area (Å²) in [5.41, 5.74) is -1.28. The second-order valence-electron chi connectivity index (χ2n) is 8.65. The Morgan fingerprint density at radius 3 is 2.42 bits per heavy atom. The minimum atomic E-state index is -4.01. The van der Waals surface area contributed by atoms with E-state index >= 15 is 4.39 Å². The van der Waals surface area contributed by atoms with Crippen LogP contribution in [0.15, 0.2) is 51.8 Å². The topological polar surface area (TPSA) is 86.8 Å². The molecule has 1 N–H and O–H groups in total. The summed E-state index contributed by atoms with van der Waals surface area (Å²) in [7, 11) is -0.917. The van der Waals surface area contributed by atoms with Crippen molar-refractivity contribution in [2.75, 3.05) is 27.2 Å². The van der Waals surface area contributed by atoms with E-state index < -0.39 is 33.5 Å². The average Bonchev–Trinajstić information content (AvgIpc) is 2.82. The minimum absolute atomic E-state index is 0.0454. The maximum atomic E-state index is 15.5. The standard InChI is InChI=1S/C25H26BrClFN3O4S/c1-17(8-11-23(32)30(2)3)29-24(33)25(28)12-14-31(15-13-25)36(34,35)22-10-9-18(26)16-20(22)19-6-4-5-7-21(19)27/h4-7,9-10,16-17H,12-15H2,1-3H3,(H,29,33)/t17-/m1/s1. The highest BCUT2D eigenvalue weighted by Crippen LogP contribution is 2.37. The third-order valence-electron chi connectivity index (χ3n) is 5.79. The summed E-state index contributed by atoms with van der Waals surface area (Å²) in [6.07, 6.45) is -0.625. The van der Waals surface area contributed by atoms with Crippen molar-refractivity contribution >= 4 is 49.4 Å². The number of alkyl halides is 1. The van der Waals surface area contributed by atoms with Crippen LogP contribution in [0.2, 0.25) is 5.02 Å². The summed E-state index contributed by atoms with van der Waals surface area (Å²) < 4.78 is 44.5. The first-order chi connectivity index (χ1) is 16.8. The van der Waals surface area contributed by atoms with Gasteiger partial charge in [-0.25, -0.2) is 12.8 Å². The number of carbonyl (C=O) groups is 2. The van der Waals surface area contributed by atoms with Gasteiger partial charge in [-0.2, -0.15) is 4.31 Å². The van der Waals surface area contributed by atoms with Gasteiger partial charge in [0.25, 0.3) is 11.8 Å². The molecule has 0 saturated carbocycles. The summed E-state index contributed by atoms with van der Waals surface area (Å²) in [4.78, 5) is 25.5. The molecule has 192 valence electrons. The lowest BCUT2D eigenvalue weighted by atomic mass is 9.93. The number of piperidine rings is 1. The van der Waals surface area contributed by atoms with E-state index in [2.05, 4.69) is 33.1 Å². The van der Waals surface area contributed by atoms with Crippen LogP contribution in [0.1, 0.15) is 19.8 Å². The van der Waals surface area contributed by atoms with E-state index in [1.54, 1.807) is 57.4 Å². The zero-order valence-electron chi connectivity index (χ0n) is 20.0. The second-order valence-corrected chi connectivity index (χ2v) is 11.9. The molecule has 0 bridgehead atoms. The summed E-state index contributed by atoms with van der Waals surface area (Å²) in [6, 6.07) is 10.9. The van der Waals surface area contributed by atoms with Crippen molar-refractivity contribution in [2.24, 2.45) is 0 Å². The first kappa shape index (κ1) is 28.1. The van der Waals surface area contributed by atoms with Crippen molar-refractivity contribution in [2.45, 2.75) is 36.4 Å². The van der Waals surface area contributed by atoms with Gasteiger partial charge >= 0.3 is 0 Å². The van der Waals surface area contributed by atoms with Crippen molar-refractivity contribution in [3.63, 3.8) is 0 Å². The molecule has 1 fully saturated rings. The molecule has 7 nitrogen and oxygen atoms in total. The van der Waals surface area contributed by atoms with Gasteiger partial charge in [-0.3, -0.25) is 9.59 Å². The largest absolute Gasteiger partial charge is 0.340 e. The number of nitrogens with zero attached hydrogens (tertiary/aromatic N) is 2. The summed E-state index contributed by atoms with van der Waals surface area (Å²) in [5, 5.41) is 2.86. The number of benzene rings is 2. The molecular weight excluding hydrogens is 573 g/mol. The van der Waals surface area contributed by atoms with E-state index in [9.17, 15) is 18.0 Å². The van der Waals surface area contributed by atoms with Gasteiger partial charge in [0.05, 0.1) is 10.9 Å². The number of hydrogen-bond acceptors (Lipinski definition) is 4. The Morgan fingerprint density at radius 1 is 1.17 bits per heavy atom. The van der Waals surface area contributed by atoms with Gasteiger partial charge in [-0.05, 0) is 37.1 Å². The lowest BCUT2D eigenvalue weighted by Gasteiger charge is -2.35. The lowest BCUT2D eigenvalue weighted by Crippen LogP contribution is -2.53. The van der Waals surface area contributed by atoms with Gasteiger partial charge < -0.3 is 10.2 Å². The molecule has 11 heteroatoms. The Kier molecular flexibility index (Phi) is 8.83. The molecule has 0 unspecified atom stereocenters. The quantitative estimate of drug-likeness (QED) is 0.530. The van der Waals surface area contributed by atoms with Crippen LogP contribution in [0.5, 0.6) is 0 Å². The molecule has 1 heterocycles. The van der Waals surface area contributed by atoms with Crippen molar-refractivity contribution < 1.29 is 22.4 Å². The molecule has 2 aromatic rings. The molecule has 3 rings (SSSR count). The Bertz CT molecular complexity index is 1330. The number of nitrogens with one attached hydrogen (secondary N) is 1. The van der Waals surface area contributed by atoms with Gasteiger partial charge in [0.15, 0.2) is 5.67 Å². The lowest BCUT2D eigenvalue weighted by molar-refractivity contribution is -0.135. The Balaban J connectivity index is 1.77. The van der Waals surface area contributed by atoms with Gasteiger partial charge in [0, 0.05) is 60.6 Å². The summed E-state index contributed by atoms with van der Waals surface area (Å²) in [5.74, 6) is 3.64. The van der Waals surface area contributed by atoms with Crippen LogP contribution in [-0.2, 0) is 19.6 Å². The molecule has 1 aliphatic heterocycles. The summed E-state index contributed by atoms with van der Waals surface area (Å²) in [6.45, 7) is 1.19. The monoisotopic (exact) mass is 597 g/mol. The number of amides is 2. The Labute approximate surface area is 224 Å². The van der Waals surface area contributed by atoms with E-state index in [1.165, 1.54) is 15.3 Å². The van der Waals surface area contributed by atoms with Crippen LogP contribution >= 0.6 is 27.5 Å². The maximum Gasteiger partial charge on any atom is 0.298 e. The SMILES string of the molecule is C[C@H](C#CC(=O)N(C)C)NC(=O)C1(F)CCN(S(=O)(=O)c2ccc(Br)cc2-c2ccccc2Cl)CC1. The fourth-order valence-corrected chi connectivity index (χ4v) is 5.94. The van der Waals surface area contributed by atoms with E-state index in [4.69, 9.17) is 11.6 Å². The maximum absolute atomic E-state index is 15.5. The van der Waals surface area contributed by atoms with Crippen molar-refractivity contribution in [3.05, 3.63) is 52.0 Å². The third kappa shape index (κ3) is 6.27. The van der Waals surface area contributed by atoms with Gasteiger partial charge in [-0.15, -0.1) is 0 Å². The molecule has 0 aromatic heterocycles. The van der Waals surface area contributed by atoms with Crippen LogP contribution < -0.4 is 5.32 Å².